The van der Waals surface area contributed by atoms with Gasteiger partial charge in [-0.3, -0.25) is 28.9 Å². The van der Waals surface area contributed by atoms with Crippen molar-refractivity contribution in [2.24, 2.45) is 7.05 Å². The lowest BCUT2D eigenvalue weighted by atomic mass is 10.0. The van der Waals surface area contributed by atoms with Crippen molar-refractivity contribution >= 4 is 34.4 Å². The number of carbonyl (C=O) groups excluding carboxylic acids is 2. The summed E-state index contributed by atoms with van der Waals surface area (Å²) in [6.07, 6.45) is 5.60. The SMILES string of the molecule is Cn1c(=O)n(C2CCC(=O)NC2=O)c2ccc(CCCCCCOc3ccc(CN4CCN(c5cc(-c6ccccc6O)nnc5N)CC4)cc3)cc21. The monoisotopic (exact) mass is 718 g/mol. The van der Waals surface area contributed by atoms with Crippen molar-refractivity contribution in [2.75, 3.05) is 43.4 Å². The molecule has 3 aromatic carbocycles. The molecule has 0 saturated carbocycles. The second kappa shape index (κ2) is 15.9. The van der Waals surface area contributed by atoms with Crippen molar-refractivity contribution in [2.45, 2.75) is 57.5 Å². The molecule has 2 aliphatic rings. The number of rotatable bonds is 13. The molecule has 4 N–H and O–H groups in total. The number of fused-ring (bicyclic) bond motifs is 1. The van der Waals surface area contributed by atoms with Crippen LogP contribution >= 0.6 is 0 Å². The number of amides is 2. The zero-order valence-electron chi connectivity index (χ0n) is 30.0. The number of nitrogens with zero attached hydrogens (tertiary/aromatic N) is 6. The van der Waals surface area contributed by atoms with Gasteiger partial charge in [0.05, 0.1) is 29.0 Å². The number of benzene rings is 3. The van der Waals surface area contributed by atoms with E-state index in [-0.39, 0.29) is 23.8 Å². The Morgan fingerprint density at radius 1 is 0.868 bits per heavy atom. The maximum absolute atomic E-state index is 13.0. The van der Waals surface area contributed by atoms with Crippen LogP contribution < -0.4 is 26.4 Å². The van der Waals surface area contributed by atoms with E-state index in [9.17, 15) is 19.5 Å². The third-order valence-electron chi connectivity index (χ3n) is 10.3. The first kappa shape index (κ1) is 35.7. The van der Waals surface area contributed by atoms with Crippen LogP contribution in [0.4, 0.5) is 11.5 Å². The second-order valence-electron chi connectivity index (χ2n) is 13.9. The van der Waals surface area contributed by atoms with Gasteiger partial charge in [-0.2, -0.15) is 0 Å². The van der Waals surface area contributed by atoms with Gasteiger partial charge < -0.3 is 20.5 Å². The van der Waals surface area contributed by atoms with Gasteiger partial charge in [-0.25, -0.2) is 4.79 Å². The number of aromatic hydroxyl groups is 1. The molecule has 0 radical (unpaired) electrons. The first-order valence-electron chi connectivity index (χ1n) is 18.4. The summed E-state index contributed by atoms with van der Waals surface area (Å²) in [5.41, 5.74) is 11.9. The van der Waals surface area contributed by atoms with Crippen molar-refractivity contribution in [3.05, 3.63) is 94.4 Å². The van der Waals surface area contributed by atoms with E-state index in [1.807, 2.05) is 48.5 Å². The number of piperazine rings is 1. The van der Waals surface area contributed by atoms with Crippen molar-refractivity contribution in [1.29, 1.82) is 0 Å². The number of anilines is 2. The lowest BCUT2D eigenvalue weighted by molar-refractivity contribution is -0.135. The number of aromatic nitrogens is 4. The highest BCUT2D eigenvalue weighted by Gasteiger charge is 2.31. The van der Waals surface area contributed by atoms with Gasteiger partial charge in [-0.05, 0) is 79.3 Å². The number of phenolic OH excluding ortho intramolecular Hbond substituents is 1. The Morgan fingerprint density at radius 3 is 2.40 bits per heavy atom. The van der Waals surface area contributed by atoms with Crippen LogP contribution in [0.1, 0.15) is 55.7 Å². The van der Waals surface area contributed by atoms with Gasteiger partial charge >= 0.3 is 5.69 Å². The lowest BCUT2D eigenvalue weighted by Gasteiger charge is -2.36. The summed E-state index contributed by atoms with van der Waals surface area (Å²) in [6.45, 7) is 4.93. The molecule has 2 aromatic heterocycles. The first-order valence-corrected chi connectivity index (χ1v) is 18.4. The van der Waals surface area contributed by atoms with Gasteiger partial charge in [-0.1, -0.05) is 43.2 Å². The van der Waals surface area contributed by atoms with Crippen LogP contribution in [0.3, 0.4) is 0 Å². The standard InChI is InChI=1S/C40H46N8O5/c1-45-34-24-27(13-16-32(34)48(40(45)52)33-17-18-37(50)42-39(33)51)8-4-2-3-7-23-53-29-14-11-28(12-15-29)26-46-19-21-47(22-20-46)35-25-31(43-44-38(35)41)30-9-5-6-10-36(30)49/h5-6,9-16,24-25,33,49H,2-4,7-8,17-23,26H2,1H3,(H2,41,44)(H,42,50,51). The van der Waals surface area contributed by atoms with Gasteiger partial charge in [0.25, 0.3) is 0 Å². The topological polar surface area (TPSA) is 161 Å². The molecule has 13 nitrogen and oxygen atoms in total. The third-order valence-corrected chi connectivity index (χ3v) is 10.3. The van der Waals surface area contributed by atoms with Crippen LogP contribution in [-0.2, 0) is 29.6 Å². The molecule has 7 rings (SSSR count). The van der Waals surface area contributed by atoms with E-state index in [1.165, 1.54) is 10.1 Å². The predicted molar refractivity (Wildman–Crippen MR) is 204 cm³/mol. The maximum atomic E-state index is 13.0. The highest BCUT2D eigenvalue weighted by atomic mass is 16.5. The minimum Gasteiger partial charge on any atom is -0.507 e. The smallest absolute Gasteiger partial charge is 0.329 e. The van der Waals surface area contributed by atoms with E-state index in [0.717, 1.165) is 87.3 Å². The largest absolute Gasteiger partial charge is 0.507 e. The number of imidazole rings is 1. The number of imide groups is 1. The van der Waals surface area contributed by atoms with Crippen LogP contribution in [0.15, 0.2) is 77.6 Å². The zero-order chi connectivity index (χ0) is 36.9. The summed E-state index contributed by atoms with van der Waals surface area (Å²) in [5, 5.41) is 21.0. The van der Waals surface area contributed by atoms with Crippen LogP contribution in [0.5, 0.6) is 11.5 Å². The number of hydrogen-bond acceptors (Lipinski definition) is 10. The Balaban J connectivity index is 0.814. The predicted octanol–water partition coefficient (Wildman–Crippen LogP) is 4.57. The molecule has 0 spiro atoms. The normalized spacial score (nSPS) is 16.6. The van der Waals surface area contributed by atoms with Gasteiger partial charge in [-0.15, -0.1) is 10.2 Å². The molecule has 2 aliphatic heterocycles. The summed E-state index contributed by atoms with van der Waals surface area (Å²) in [4.78, 5) is 41.8. The number of phenols is 1. The summed E-state index contributed by atoms with van der Waals surface area (Å²) < 4.78 is 9.14. The number of para-hydroxylation sites is 1. The Labute approximate surface area is 308 Å². The number of piperidine rings is 1. The fourth-order valence-corrected chi connectivity index (χ4v) is 7.33. The fourth-order valence-electron chi connectivity index (χ4n) is 7.33. The molecule has 0 aliphatic carbocycles. The lowest BCUT2D eigenvalue weighted by Crippen LogP contribution is -2.46. The number of nitrogen functional groups attached to an aromatic ring is 1. The van der Waals surface area contributed by atoms with Crippen molar-refractivity contribution in [3.63, 3.8) is 0 Å². The minimum atomic E-state index is -0.672. The van der Waals surface area contributed by atoms with E-state index < -0.39 is 11.9 Å². The molecule has 1 unspecified atom stereocenters. The number of nitrogens with two attached hydrogens (primary N) is 1. The summed E-state index contributed by atoms with van der Waals surface area (Å²) >= 11 is 0. The maximum Gasteiger partial charge on any atom is 0.329 e. The molecule has 13 heteroatoms. The number of aryl methyl sites for hydroxylation is 2. The Bertz CT molecular complexity index is 2150. The highest BCUT2D eigenvalue weighted by Crippen LogP contribution is 2.32. The number of unbranched alkanes of at least 4 members (excludes halogenated alkanes) is 3. The van der Waals surface area contributed by atoms with Crippen LogP contribution in [0, 0.1) is 0 Å². The van der Waals surface area contributed by atoms with Crippen LogP contribution in [0.2, 0.25) is 0 Å². The molecular formula is C40H46N8O5. The van der Waals surface area contributed by atoms with E-state index in [4.69, 9.17) is 10.5 Å². The molecule has 2 saturated heterocycles. The molecule has 2 amide bonds. The quantitative estimate of drug-likeness (QED) is 0.116. The zero-order valence-corrected chi connectivity index (χ0v) is 30.0. The third kappa shape index (κ3) is 8.05. The molecule has 0 bridgehead atoms. The van der Waals surface area contributed by atoms with Gasteiger partial charge in [0.15, 0.2) is 5.82 Å². The molecule has 1 atom stereocenters. The van der Waals surface area contributed by atoms with Crippen LogP contribution in [0.25, 0.3) is 22.3 Å². The van der Waals surface area contributed by atoms with Crippen molar-refractivity contribution < 1.29 is 19.4 Å². The van der Waals surface area contributed by atoms with Crippen molar-refractivity contribution in [1.82, 2.24) is 29.5 Å². The molecule has 5 aromatic rings. The number of nitrogens with one attached hydrogen (secondary N) is 1. The van der Waals surface area contributed by atoms with Gasteiger partial charge in [0.1, 0.15) is 17.5 Å². The van der Waals surface area contributed by atoms with Gasteiger partial charge in [0, 0.05) is 51.8 Å². The second-order valence-corrected chi connectivity index (χ2v) is 13.9. The Morgan fingerprint density at radius 2 is 1.62 bits per heavy atom. The molecule has 2 fully saturated rings. The van der Waals surface area contributed by atoms with Gasteiger partial charge in [0.2, 0.25) is 11.8 Å². The summed E-state index contributed by atoms with van der Waals surface area (Å²) in [5.74, 6) is 0.714. The fraction of sp³-hybridized carbons (Fsp3) is 0.375. The molecule has 53 heavy (non-hydrogen) atoms. The average molecular weight is 719 g/mol. The van der Waals surface area contributed by atoms with E-state index in [1.54, 1.807) is 23.7 Å². The highest BCUT2D eigenvalue weighted by molar-refractivity contribution is 6.00. The summed E-state index contributed by atoms with van der Waals surface area (Å²) in [7, 11) is 1.72. The summed E-state index contributed by atoms with van der Waals surface area (Å²) in [6, 6.07) is 22.7. The molecule has 276 valence electrons. The number of carbonyl (C=O) groups is 2. The van der Waals surface area contributed by atoms with E-state index in [2.05, 4.69) is 37.4 Å². The Hall–Kier alpha value is -5.69. The molecule has 4 heterocycles. The Kier molecular flexibility index (Phi) is 10.7. The van der Waals surface area contributed by atoms with Crippen molar-refractivity contribution in [3.8, 4) is 22.8 Å². The number of hydrogen-bond donors (Lipinski definition) is 3. The minimum absolute atomic E-state index is 0.164. The van der Waals surface area contributed by atoms with Crippen LogP contribution in [-0.4, -0.2) is 73.9 Å². The first-order chi connectivity index (χ1) is 25.7. The van der Waals surface area contributed by atoms with E-state index in [0.29, 0.717) is 35.6 Å². The average Bonchev–Trinajstić information content (AvgIpc) is 3.41. The number of ether oxygens (including phenoxy) is 1. The molecular weight excluding hydrogens is 672 g/mol. The van der Waals surface area contributed by atoms with E-state index >= 15 is 0 Å².